The molecule has 0 saturated heterocycles. The van der Waals surface area contributed by atoms with Crippen LogP contribution in [0.2, 0.25) is 0 Å². The van der Waals surface area contributed by atoms with Crippen molar-refractivity contribution in [2.45, 2.75) is 12.6 Å². The first-order valence-electron chi connectivity index (χ1n) is 8.53. The van der Waals surface area contributed by atoms with Gasteiger partial charge in [-0.2, -0.15) is 10.2 Å². The number of nitrogens with zero attached hydrogens (tertiary/aromatic N) is 4. The molecule has 1 amide bonds. The Morgan fingerprint density at radius 2 is 1.93 bits per heavy atom. The van der Waals surface area contributed by atoms with Gasteiger partial charge in [-0.15, -0.1) is 0 Å². The number of carbonyl (C=O) groups is 1. The zero-order valence-corrected chi connectivity index (χ0v) is 14.4. The molecule has 1 unspecified atom stereocenters. The van der Waals surface area contributed by atoms with Crippen molar-refractivity contribution in [2.75, 3.05) is 6.54 Å². The van der Waals surface area contributed by atoms with E-state index >= 15 is 0 Å². The maximum Gasteiger partial charge on any atom is 0.293 e. The number of nitrogens with one attached hydrogen (secondary N) is 1. The van der Waals surface area contributed by atoms with E-state index in [9.17, 15) is 9.59 Å². The molecule has 4 rings (SSSR count). The van der Waals surface area contributed by atoms with Crippen molar-refractivity contribution in [2.24, 2.45) is 5.73 Å². The van der Waals surface area contributed by atoms with Crippen molar-refractivity contribution in [3.8, 4) is 0 Å². The Morgan fingerprint density at radius 3 is 2.74 bits per heavy atom. The first kappa shape index (κ1) is 16.9. The fourth-order valence-electron chi connectivity index (χ4n) is 3.06. The minimum Gasteiger partial charge on any atom is -0.346 e. The topological polar surface area (TPSA) is 107 Å². The van der Waals surface area contributed by atoms with Crippen LogP contribution in [0.1, 0.15) is 11.6 Å². The van der Waals surface area contributed by atoms with Crippen LogP contribution in [-0.4, -0.2) is 31.8 Å². The summed E-state index contributed by atoms with van der Waals surface area (Å²) in [6.45, 7) is 0.0542. The van der Waals surface area contributed by atoms with Gasteiger partial charge in [0.15, 0.2) is 0 Å². The molecule has 0 radical (unpaired) electrons. The van der Waals surface area contributed by atoms with Crippen molar-refractivity contribution >= 4 is 22.2 Å². The molecule has 0 saturated carbocycles. The molecule has 0 spiro atoms. The quantitative estimate of drug-likeness (QED) is 0.548. The van der Waals surface area contributed by atoms with Crippen LogP contribution in [0.4, 0.5) is 0 Å². The van der Waals surface area contributed by atoms with Crippen molar-refractivity contribution in [3.63, 3.8) is 0 Å². The summed E-state index contributed by atoms with van der Waals surface area (Å²) >= 11 is 0. The molecule has 27 heavy (non-hydrogen) atoms. The minimum absolute atomic E-state index is 0.190. The van der Waals surface area contributed by atoms with Crippen molar-refractivity contribution in [1.29, 1.82) is 0 Å². The van der Waals surface area contributed by atoms with Crippen LogP contribution in [0.25, 0.3) is 16.3 Å². The summed E-state index contributed by atoms with van der Waals surface area (Å²) < 4.78 is 2.48. The Morgan fingerprint density at radius 1 is 1.11 bits per heavy atom. The van der Waals surface area contributed by atoms with Gasteiger partial charge in [0.1, 0.15) is 18.4 Å². The predicted octanol–water partition coefficient (Wildman–Crippen LogP) is 0.860. The summed E-state index contributed by atoms with van der Waals surface area (Å²) in [7, 11) is 0. The van der Waals surface area contributed by atoms with Gasteiger partial charge in [0, 0.05) is 6.54 Å². The third-order valence-corrected chi connectivity index (χ3v) is 4.46. The second kappa shape index (κ2) is 7.00. The number of amides is 1. The molecule has 2 aromatic heterocycles. The van der Waals surface area contributed by atoms with Gasteiger partial charge in [0.25, 0.3) is 5.56 Å². The van der Waals surface area contributed by atoms with Crippen molar-refractivity contribution in [1.82, 2.24) is 24.7 Å². The highest BCUT2D eigenvalue weighted by molar-refractivity contribution is 5.83. The van der Waals surface area contributed by atoms with Gasteiger partial charge in [0.2, 0.25) is 5.91 Å². The normalized spacial score (nSPS) is 12.3. The number of rotatable bonds is 5. The maximum atomic E-state index is 12.5. The van der Waals surface area contributed by atoms with Crippen molar-refractivity contribution in [3.05, 3.63) is 77.0 Å². The fourth-order valence-corrected chi connectivity index (χ4v) is 3.06. The Hall–Kier alpha value is -3.52. The monoisotopic (exact) mass is 362 g/mol. The lowest BCUT2D eigenvalue weighted by Gasteiger charge is -2.18. The standard InChI is InChI=1S/C19H18N6O2/c20-10-16(15-6-5-13-3-1-2-4-14(13)9-15)23-18(26)11-24-19(27)17-7-8-21-25(17)12-22-24/h1-9,12,16H,10-11,20H2,(H,23,26). The summed E-state index contributed by atoms with van der Waals surface area (Å²) in [5.74, 6) is -0.336. The first-order valence-corrected chi connectivity index (χ1v) is 8.53. The van der Waals surface area contributed by atoms with Crippen LogP contribution in [0.3, 0.4) is 0 Å². The summed E-state index contributed by atoms with van der Waals surface area (Å²) in [6, 6.07) is 15.2. The van der Waals surface area contributed by atoms with E-state index in [0.29, 0.717) is 5.52 Å². The van der Waals surface area contributed by atoms with Crippen molar-refractivity contribution < 1.29 is 4.79 Å². The van der Waals surface area contributed by atoms with Crippen LogP contribution in [0.15, 0.2) is 65.8 Å². The Balaban J connectivity index is 1.54. The molecule has 1 atom stereocenters. The fraction of sp³-hybridized carbons (Fsp3) is 0.158. The number of nitrogens with two attached hydrogens (primary N) is 1. The SMILES string of the molecule is NCC(NC(=O)Cn1ncn2nccc2c1=O)c1ccc2ccccc2c1. The molecule has 0 fully saturated rings. The number of carbonyl (C=O) groups excluding carboxylic acids is 1. The maximum absolute atomic E-state index is 12.5. The largest absolute Gasteiger partial charge is 0.346 e. The Kier molecular flexibility index (Phi) is 4.39. The molecular weight excluding hydrogens is 344 g/mol. The molecule has 0 aliphatic rings. The van der Waals surface area contributed by atoms with E-state index in [-0.39, 0.29) is 30.6 Å². The zero-order chi connectivity index (χ0) is 18.8. The average molecular weight is 362 g/mol. The zero-order valence-electron chi connectivity index (χ0n) is 14.4. The summed E-state index contributed by atoms with van der Waals surface area (Å²) in [4.78, 5) is 24.8. The third kappa shape index (κ3) is 3.30. The highest BCUT2D eigenvalue weighted by Crippen LogP contribution is 2.20. The first-order chi connectivity index (χ1) is 13.2. The summed E-state index contributed by atoms with van der Waals surface area (Å²) in [5, 5.41) is 13.0. The Bertz CT molecular complexity index is 1180. The second-order valence-corrected chi connectivity index (χ2v) is 6.22. The predicted molar refractivity (Wildman–Crippen MR) is 101 cm³/mol. The summed E-state index contributed by atoms with van der Waals surface area (Å²) in [6.07, 6.45) is 2.90. The van der Waals surface area contributed by atoms with E-state index in [1.807, 2.05) is 42.5 Å². The smallest absolute Gasteiger partial charge is 0.293 e. The number of hydrogen-bond acceptors (Lipinski definition) is 5. The van der Waals surface area contributed by atoms with E-state index in [0.717, 1.165) is 21.0 Å². The minimum atomic E-state index is -0.375. The number of benzene rings is 2. The number of hydrogen-bond donors (Lipinski definition) is 2. The van der Waals surface area contributed by atoms with E-state index < -0.39 is 0 Å². The van der Waals surface area contributed by atoms with E-state index in [1.165, 1.54) is 17.0 Å². The molecule has 0 aliphatic carbocycles. The van der Waals surface area contributed by atoms with E-state index in [4.69, 9.17) is 5.73 Å². The van der Waals surface area contributed by atoms with Crippen LogP contribution in [-0.2, 0) is 11.3 Å². The van der Waals surface area contributed by atoms with E-state index in [2.05, 4.69) is 15.5 Å². The summed E-state index contributed by atoms with van der Waals surface area (Å²) in [5.41, 5.74) is 6.77. The molecule has 136 valence electrons. The lowest BCUT2D eigenvalue weighted by Crippen LogP contribution is -2.38. The molecule has 0 aliphatic heterocycles. The van der Waals surface area contributed by atoms with Crippen LogP contribution in [0.5, 0.6) is 0 Å². The molecule has 8 nitrogen and oxygen atoms in total. The number of fused-ring (bicyclic) bond motifs is 2. The third-order valence-electron chi connectivity index (χ3n) is 4.46. The molecular formula is C19H18N6O2. The van der Waals surface area contributed by atoms with Gasteiger partial charge < -0.3 is 11.1 Å². The average Bonchev–Trinajstić information content (AvgIpc) is 3.17. The molecule has 2 heterocycles. The van der Waals surface area contributed by atoms with Crippen LogP contribution in [0, 0.1) is 0 Å². The van der Waals surface area contributed by atoms with Crippen LogP contribution < -0.4 is 16.6 Å². The van der Waals surface area contributed by atoms with Gasteiger partial charge in [-0.25, -0.2) is 9.20 Å². The second-order valence-electron chi connectivity index (χ2n) is 6.22. The van der Waals surface area contributed by atoms with Gasteiger partial charge in [-0.3, -0.25) is 9.59 Å². The number of aromatic nitrogens is 4. The van der Waals surface area contributed by atoms with Crippen LogP contribution >= 0.6 is 0 Å². The lowest BCUT2D eigenvalue weighted by atomic mass is 10.0. The molecule has 3 N–H and O–H groups in total. The molecule has 8 heteroatoms. The van der Waals surface area contributed by atoms with Gasteiger partial charge >= 0.3 is 0 Å². The molecule has 0 bridgehead atoms. The van der Waals surface area contributed by atoms with Gasteiger partial charge in [0.05, 0.1) is 12.2 Å². The molecule has 4 aromatic rings. The molecule has 2 aromatic carbocycles. The lowest BCUT2D eigenvalue weighted by molar-refractivity contribution is -0.122. The highest BCUT2D eigenvalue weighted by atomic mass is 16.2. The van der Waals surface area contributed by atoms with E-state index in [1.54, 1.807) is 6.07 Å². The Labute approximate surface area is 154 Å². The van der Waals surface area contributed by atoms with Gasteiger partial charge in [-0.05, 0) is 28.5 Å². The van der Waals surface area contributed by atoms with Gasteiger partial charge in [-0.1, -0.05) is 36.4 Å². The highest BCUT2D eigenvalue weighted by Gasteiger charge is 2.15.